The second-order valence-corrected chi connectivity index (χ2v) is 11.1. The fourth-order valence-corrected chi connectivity index (χ4v) is 5.90. The number of carbonyl (C=O) groups is 1. The summed E-state index contributed by atoms with van der Waals surface area (Å²) in [6, 6.07) is 13.6. The standard InChI is InChI=1S/C26H31FN4O2S/c1-18(19-4-10-23(27)11-5-19)29-26(32)21-6-12-24(13-7-21)30-34(3,33)25-14-8-20(9-15-25)22-16-28-31(2)17-22/h4-5,8-11,14-18,21,24H,3,6-7,12-13H2,1-2H3,(H,29,32)(H,30,33)/t18-,21?,24?,34?/m1/s1. The van der Waals surface area contributed by atoms with Crippen molar-refractivity contribution in [2.75, 3.05) is 0 Å². The lowest BCUT2D eigenvalue weighted by molar-refractivity contribution is -0.126. The number of aryl methyl sites for hydroxylation is 1. The summed E-state index contributed by atoms with van der Waals surface area (Å²) in [5.74, 6) is 3.60. The van der Waals surface area contributed by atoms with Crippen molar-refractivity contribution in [2.24, 2.45) is 13.0 Å². The molecule has 0 radical (unpaired) electrons. The van der Waals surface area contributed by atoms with E-state index in [2.05, 4.69) is 21.0 Å². The zero-order valence-corrected chi connectivity index (χ0v) is 20.4. The molecule has 2 aromatic carbocycles. The molecule has 0 aliphatic heterocycles. The number of nitrogens with one attached hydrogen (secondary N) is 2. The largest absolute Gasteiger partial charge is 0.349 e. The van der Waals surface area contributed by atoms with E-state index >= 15 is 0 Å². The molecule has 180 valence electrons. The smallest absolute Gasteiger partial charge is 0.223 e. The van der Waals surface area contributed by atoms with Crippen LogP contribution in [0.1, 0.15) is 44.2 Å². The van der Waals surface area contributed by atoms with Gasteiger partial charge in [0, 0.05) is 35.7 Å². The van der Waals surface area contributed by atoms with Crippen LogP contribution in [0.5, 0.6) is 0 Å². The third kappa shape index (κ3) is 5.74. The summed E-state index contributed by atoms with van der Waals surface area (Å²) in [5.41, 5.74) is 2.88. The van der Waals surface area contributed by atoms with Gasteiger partial charge in [-0.15, -0.1) is 0 Å². The van der Waals surface area contributed by atoms with E-state index < -0.39 is 9.71 Å². The second kappa shape index (κ2) is 10.1. The van der Waals surface area contributed by atoms with E-state index in [0.29, 0.717) is 4.90 Å². The molecular weight excluding hydrogens is 451 g/mol. The van der Waals surface area contributed by atoms with Crippen LogP contribution in [0.2, 0.25) is 0 Å². The maximum atomic E-state index is 13.3. The summed E-state index contributed by atoms with van der Waals surface area (Å²) in [4.78, 5) is 13.4. The SMILES string of the molecule is C=S(=O)(NC1CCC(C(=O)N[C@H](C)c2ccc(F)cc2)CC1)c1ccc(-c2cnn(C)c2)cc1. The van der Waals surface area contributed by atoms with Gasteiger partial charge in [0.25, 0.3) is 0 Å². The molecule has 0 saturated heterocycles. The minimum Gasteiger partial charge on any atom is -0.349 e. The number of nitrogens with zero attached hydrogens (tertiary/aromatic N) is 2. The van der Waals surface area contributed by atoms with Crippen LogP contribution in [-0.2, 0) is 21.5 Å². The highest BCUT2D eigenvalue weighted by Crippen LogP contribution is 2.27. The third-order valence-corrected chi connectivity index (χ3v) is 8.20. The van der Waals surface area contributed by atoms with Gasteiger partial charge < -0.3 is 5.32 Å². The van der Waals surface area contributed by atoms with Gasteiger partial charge in [-0.2, -0.15) is 5.10 Å². The van der Waals surface area contributed by atoms with Gasteiger partial charge in [0.05, 0.1) is 21.9 Å². The molecule has 1 unspecified atom stereocenters. The predicted molar refractivity (Wildman–Crippen MR) is 134 cm³/mol. The Bertz CT molecular complexity index is 1230. The molecule has 0 spiro atoms. The predicted octanol–water partition coefficient (Wildman–Crippen LogP) is 4.24. The van der Waals surface area contributed by atoms with E-state index in [0.717, 1.165) is 42.4 Å². The summed E-state index contributed by atoms with van der Waals surface area (Å²) in [6.07, 6.45) is 6.67. The van der Waals surface area contributed by atoms with Crippen molar-refractivity contribution >= 4 is 21.5 Å². The number of rotatable bonds is 7. The molecule has 1 aliphatic rings. The average molecular weight is 483 g/mol. The van der Waals surface area contributed by atoms with Gasteiger partial charge in [-0.3, -0.25) is 9.48 Å². The van der Waals surface area contributed by atoms with Gasteiger partial charge in [0.15, 0.2) is 0 Å². The van der Waals surface area contributed by atoms with Crippen LogP contribution in [-0.4, -0.2) is 31.8 Å². The summed E-state index contributed by atoms with van der Waals surface area (Å²) in [7, 11) is -0.782. The van der Waals surface area contributed by atoms with Crippen LogP contribution in [0.15, 0.2) is 65.8 Å². The quantitative estimate of drug-likeness (QED) is 0.495. The van der Waals surface area contributed by atoms with Crippen molar-refractivity contribution in [2.45, 2.75) is 49.6 Å². The lowest BCUT2D eigenvalue weighted by Crippen LogP contribution is -2.41. The topological polar surface area (TPSA) is 76.0 Å². The Balaban J connectivity index is 1.29. The van der Waals surface area contributed by atoms with Gasteiger partial charge >= 0.3 is 0 Å². The van der Waals surface area contributed by atoms with E-state index in [9.17, 15) is 13.4 Å². The highest BCUT2D eigenvalue weighted by molar-refractivity contribution is 7.98. The molecule has 0 bridgehead atoms. The Morgan fingerprint density at radius 3 is 2.32 bits per heavy atom. The van der Waals surface area contributed by atoms with Crippen LogP contribution in [0.4, 0.5) is 4.39 Å². The molecule has 1 aliphatic carbocycles. The molecule has 6 nitrogen and oxygen atoms in total. The van der Waals surface area contributed by atoms with E-state index in [1.165, 1.54) is 12.1 Å². The van der Waals surface area contributed by atoms with Crippen molar-refractivity contribution in [3.05, 3.63) is 72.3 Å². The normalized spacial score (nSPS) is 20.9. The zero-order valence-electron chi connectivity index (χ0n) is 19.5. The van der Waals surface area contributed by atoms with E-state index in [1.807, 2.05) is 44.4 Å². The minimum absolute atomic E-state index is 0.0108. The molecule has 34 heavy (non-hydrogen) atoms. The summed E-state index contributed by atoms with van der Waals surface area (Å²) in [5, 5.41) is 7.23. The van der Waals surface area contributed by atoms with Gasteiger partial charge in [0.1, 0.15) is 5.82 Å². The minimum atomic E-state index is -2.65. The molecule has 3 aromatic rings. The number of aromatic nitrogens is 2. The summed E-state index contributed by atoms with van der Waals surface area (Å²) < 4.78 is 31.4. The monoisotopic (exact) mass is 482 g/mol. The van der Waals surface area contributed by atoms with Crippen molar-refractivity contribution < 1.29 is 13.4 Å². The fraction of sp³-hybridized carbons (Fsp3) is 0.346. The molecule has 1 amide bonds. The number of hydrogen-bond acceptors (Lipinski definition) is 3. The van der Waals surface area contributed by atoms with Crippen molar-refractivity contribution in [1.82, 2.24) is 19.8 Å². The summed E-state index contributed by atoms with van der Waals surface area (Å²) >= 11 is 0. The Labute approximate surface area is 200 Å². The molecule has 1 heterocycles. The molecule has 1 saturated carbocycles. The van der Waals surface area contributed by atoms with Crippen LogP contribution in [0, 0.1) is 11.7 Å². The molecular formula is C26H31FN4O2S. The van der Waals surface area contributed by atoms with Gasteiger partial charge in [-0.05, 0) is 73.9 Å². The van der Waals surface area contributed by atoms with Crippen molar-refractivity contribution in [3.8, 4) is 11.1 Å². The van der Waals surface area contributed by atoms with Crippen molar-refractivity contribution in [1.29, 1.82) is 0 Å². The molecule has 1 aromatic heterocycles. The second-order valence-electron chi connectivity index (χ2n) is 9.05. The maximum absolute atomic E-state index is 13.3. The van der Waals surface area contributed by atoms with Crippen LogP contribution in [0.25, 0.3) is 11.1 Å². The third-order valence-electron chi connectivity index (χ3n) is 6.46. The van der Waals surface area contributed by atoms with Crippen LogP contribution in [0.3, 0.4) is 0 Å². The first-order chi connectivity index (χ1) is 16.2. The van der Waals surface area contributed by atoms with E-state index in [-0.39, 0.29) is 29.7 Å². The number of hydrogen-bond donors (Lipinski definition) is 2. The molecule has 2 N–H and O–H groups in total. The fourth-order valence-electron chi connectivity index (χ4n) is 4.41. The Morgan fingerprint density at radius 1 is 1.09 bits per heavy atom. The highest BCUT2D eigenvalue weighted by atomic mass is 32.2. The van der Waals surface area contributed by atoms with Gasteiger partial charge in [-0.25, -0.2) is 13.3 Å². The number of amides is 1. The van der Waals surface area contributed by atoms with Crippen molar-refractivity contribution in [3.63, 3.8) is 0 Å². The summed E-state index contributed by atoms with van der Waals surface area (Å²) in [6.45, 7) is 1.90. The lowest BCUT2D eigenvalue weighted by Gasteiger charge is -2.30. The molecule has 1 fully saturated rings. The highest BCUT2D eigenvalue weighted by Gasteiger charge is 2.28. The Kier molecular flexibility index (Phi) is 7.19. The van der Waals surface area contributed by atoms with E-state index in [1.54, 1.807) is 23.0 Å². The van der Waals surface area contributed by atoms with Gasteiger partial charge in [-0.1, -0.05) is 24.3 Å². The number of benzene rings is 2. The maximum Gasteiger partial charge on any atom is 0.223 e. The molecule has 8 heteroatoms. The average Bonchev–Trinajstić information content (AvgIpc) is 3.26. The van der Waals surface area contributed by atoms with Crippen LogP contribution < -0.4 is 10.0 Å². The molecule has 4 rings (SSSR count). The lowest BCUT2D eigenvalue weighted by atomic mass is 9.85. The Hall–Kier alpha value is -2.97. The number of halogens is 1. The first kappa shape index (κ1) is 24.2. The van der Waals surface area contributed by atoms with Gasteiger partial charge in [0.2, 0.25) is 5.91 Å². The number of carbonyl (C=O) groups excluding carboxylic acids is 1. The van der Waals surface area contributed by atoms with E-state index in [4.69, 9.17) is 0 Å². The zero-order chi connectivity index (χ0) is 24.3. The molecule has 2 atom stereocenters. The first-order valence-electron chi connectivity index (χ1n) is 11.5. The van der Waals surface area contributed by atoms with Crippen LogP contribution >= 0.6 is 0 Å². The first-order valence-corrected chi connectivity index (χ1v) is 13.2. The Morgan fingerprint density at radius 2 is 1.74 bits per heavy atom.